The predicted molar refractivity (Wildman–Crippen MR) is 107 cm³/mol. The van der Waals surface area contributed by atoms with E-state index in [1.807, 2.05) is 6.07 Å². The van der Waals surface area contributed by atoms with Crippen molar-refractivity contribution in [1.29, 1.82) is 0 Å². The zero-order chi connectivity index (χ0) is 19.9. The van der Waals surface area contributed by atoms with Crippen LogP contribution in [0.2, 0.25) is 0 Å². The molecular weight excluding hydrogens is 382 g/mol. The third-order valence-corrected chi connectivity index (χ3v) is 4.69. The molecule has 142 valence electrons. The standard InChI is InChI=1S/C21H16F2N2O2S/c22-15-6-4-14(5-7-15)21(27)25-18-2-1-3-19(12-18)28-13-20(26)24-17-10-8-16(23)9-11-17/h1-12H,13H2,(H,24,26)(H,25,27). The minimum Gasteiger partial charge on any atom is -0.325 e. The van der Waals surface area contributed by atoms with Crippen LogP contribution in [0.15, 0.2) is 77.7 Å². The number of benzene rings is 3. The van der Waals surface area contributed by atoms with Gasteiger partial charge in [-0.25, -0.2) is 8.78 Å². The predicted octanol–water partition coefficient (Wildman–Crippen LogP) is 4.95. The van der Waals surface area contributed by atoms with Gasteiger partial charge in [0.25, 0.3) is 5.91 Å². The van der Waals surface area contributed by atoms with Gasteiger partial charge in [0.15, 0.2) is 0 Å². The van der Waals surface area contributed by atoms with Gasteiger partial charge in [0.05, 0.1) is 5.75 Å². The van der Waals surface area contributed by atoms with Crippen molar-refractivity contribution in [2.75, 3.05) is 16.4 Å². The molecule has 2 amide bonds. The van der Waals surface area contributed by atoms with E-state index in [1.165, 1.54) is 60.3 Å². The van der Waals surface area contributed by atoms with E-state index in [1.54, 1.807) is 18.2 Å². The summed E-state index contributed by atoms with van der Waals surface area (Å²) in [6.45, 7) is 0. The van der Waals surface area contributed by atoms with Crippen molar-refractivity contribution in [2.24, 2.45) is 0 Å². The molecule has 0 bridgehead atoms. The fraction of sp³-hybridized carbons (Fsp3) is 0.0476. The molecule has 0 aliphatic heterocycles. The quantitative estimate of drug-likeness (QED) is 0.578. The van der Waals surface area contributed by atoms with E-state index in [4.69, 9.17) is 0 Å². The SMILES string of the molecule is O=C(CSc1cccc(NC(=O)c2ccc(F)cc2)c1)Nc1ccc(F)cc1. The first kappa shape index (κ1) is 19.6. The maximum Gasteiger partial charge on any atom is 0.255 e. The maximum absolute atomic E-state index is 13.0. The van der Waals surface area contributed by atoms with Crippen LogP contribution in [0, 0.1) is 11.6 Å². The normalized spacial score (nSPS) is 10.4. The van der Waals surface area contributed by atoms with Crippen LogP contribution >= 0.6 is 11.8 Å². The molecule has 0 atom stereocenters. The summed E-state index contributed by atoms with van der Waals surface area (Å²) in [7, 11) is 0. The van der Waals surface area contributed by atoms with E-state index in [-0.39, 0.29) is 23.4 Å². The zero-order valence-electron chi connectivity index (χ0n) is 14.6. The molecule has 0 aliphatic carbocycles. The Morgan fingerprint density at radius 1 is 0.786 bits per heavy atom. The van der Waals surface area contributed by atoms with Crippen molar-refractivity contribution in [3.63, 3.8) is 0 Å². The first-order valence-electron chi connectivity index (χ1n) is 8.35. The summed E-state index contributed by atoms with van der Waals surface area (Å²) in [5.41, 5.74) is 1.43. The van der Waals surface area contributed by atoms with Crippen molar-refractivity contribution >= 4 is 35.0 Å². The number of carbonyl (C=O) groups excluding carboxylic acids is 2. The molecule has 3 aromatic carbocycles. The van der Waals surface area contributed by atoms with E-state index in [0.717, 1.165) is 4.90 Å². The second kappa shape index (κ2) is 9.14. The minimum atomic E-state index is -0.408. The Hall–Kier alpha value is -3.19. The maximum atomic E-state index is 13.0. The lowest BCUT2D eigenvalue weighted by Crippen LogP contribution is -2.14. The third-order valence-electron chi connectivity index (χ3n) is 3.70. The molecule has 2 N–H and O–H groups in total. The summed E-state index contributed by atoms with van der Waals surface area (Å²) in [6.07, 6.45) is 0. The van der Waals surface area contributed by atoms with Crippen LogP contribution in [0.4, 0.5) is 20.2 Å². The van der Waals surface area contributed by atoms with Crippen LogP contribution in [-0.2, 0) is 4.79 Å². The second-order valence-corrected chi connectivity index (χ2v) is 6.88. The Kier molecular flexibility index (Phi) is 6.39. The molecule has 0 saturated heterocycles. The van der Waals surface area contributed by atoms with Gasteiger partial charge in [-0.2, -0.15) is 0 Å². The largest absolute Gasteiger partial charge is 0.325 e. The van der Waals surface area contributed by atoms with E-state index in [2.05, 4.69) is 10.6 Å². The van der Waals surface area contributed by atoms with Crippen LogP contribution in [0.5, 0.6) is 0 Å². The zero-order valence-corrected chi connectivity index (χ0v) is 15.4. The molecule has 0 aromatic heterocycles. The summed E-state index contributed by atoms with van der Waals surface area (Å²) in [6, 6.07) is 17.8. The average Bonchev–Trinajstić information content (AvgIpc) is 2.69. The molecule has 0 fully saturated rings. The number of halogens is 2. The number of rotatable bonds is 6. The van der Waals surface area contributed by atoms with Crippen LogP contribution < -0.4 is 10.6 Å². The fourth-order valence-electron chi connectivity index (χ4n) is 2.35. The second-order valence-electron chi connectivity index (χ2n) is 5.83. The summed E-state index contributed by atoms with van der Waals surface area (Å²) >= 11 is 1.30. The summed E-state index contributed by atoms with van der Waals surface area (Å²) in [5.74, 6) is -1.19. The third kappa shape index (κ3) is 5.65. The fourth-order valence-corrected chi connectivity index (χ4v) is 3.10. The number of nitrogens with one attached hydrogen (secondary N) is 2. The number of amides is 2. The van der Waals surface area contributed by atoms with Gasteiger partial charge < -0.3 is 10.6 Å². The number of anilines is 2. The van der Waals surface area contributed by atoms with Crippen molar-refractivity contribution in [3.8, 4) is 0 Å². The summed E-state index contributed by atoms with van der Waals surface area (Å²) in [5, 5.41) is 5.43. The molecule has 0 heterocycles. The molecular formula is C21H16F2N2O2S. The highest BCUT2D eigenvalue weighted by molar-refractivity contribution is 8.00. The van der Waals surface area contributed by atoms with Crippen LogP contribution in [-0.4, -0.2) is 17.6 Å². The van der Waals surface area contributed by atoms with Gasteiger partial charge >= 0.3 is 0 Å². The van der Waals surface area contributed by atoms with Crippen LogP contribution in [0.1, 0.15) is 10.4 Å². The minimum absolute atomic E-state index is 0.159. The Morgan fingerprint density at radius 3 is 2.11 bits per heavy atom. The van der Waals surface area contributed by atoms with E-state index in [0.29, 0.717) is 16.9 Å². The van der Waals surface area contributed by atoms with E-state index in [9.17, 15) is 18.4 Å². The van der Waals surface area contributed by atoms with Gasteiger partial charge in [0, 0.05) is 21.8 Å². The first-order chi connectivity index (χ1) is 13.5. The highest BCUT2D eigenvalue weighted by Gasteiger charge is 2.08. The Morgan fingerprint density at radius 2 is 1.43 bits per heavy atom. The number of hydrogen-bond acceptors (Lipinski definition) is 3. The van der Waals surface area contributed by atoms with E-state index < -0.39 is 5.82 Å². The molecule has 0 saturated carbocycles. The summed E-state index contributed by atoms with van der Waals surface area (Å²) in [4.78, 5) is 25.0. The number of carbonyl (C=O) groups is 2. The number of thioether (sulfide) groups is 1. The van der Waals surface area contributed by atoms with Crippen LogP contribution in [0.25, 0.3) is 0 Å². The molecule has 28 heavy (non-hydrogen) atoms. The monoisotopic (exact) mass is 398 g/mol. The molecule has 4 nitrogen and oxygen atoms in total. The average molecular weight is 398 g/mol. The van der Waals surface area contributed by atoms with Gasteiger partial charge in [-0.15, -0.1) is 11.8 Å². The van der Waals surface area contributed by atoms with Gasteiger partial charge in [-0.1, -0.05) is 6.07 Å². The lowest BCUT2D eigenvalue weighted by Gasteiger charge is -2.08. The first-order valence-corrected chi connectivity index (χ1v) is 9.33. The molecule has 7 heteroatoms. The smallest absolute Gasteiger partial charge is 0.255 e. The van der Waals surface area contributed by atoms with Crippen molar-refractivity contribution < 1.29 is 18.4 Å². The van der Waals surface area contributed by atoms with Crippen molar-refractivity contribution in [2.45, 2.75) is 4.90 Å². The highest BCUT2D eigenvalue weighted by Crippen LogP contribution is 2.22. The Labute approximate surface area is 165 Å². The molecule has 0 spiro atoms. The van der Waals surface area contributed by atoms with Gasteiger partial charge in [0.2, 0.25) is 5.91 Å². The van der Waals surface area contributed by atoms with Crippen molar-refractivity contribution in [1.82, 2.24) is 0 Å². The van der Waals surface area contributed by atoms with Crippen molar-refractivity contribution in [3.05, 3.63) is 90.0 Å². The molecule has 0 radical (unpaired) electrons. The molecule has 0 aliphatic rings. The lowest BCUT2D eigenvalue weighted by molar-refractivity contribution is -0.113. The topological polar surface area (TPSA) is 58.2 Å². The lowest BCUT2D eigenvalue weighted by atomic mass is 10.2. The van der Waals surface area contributed by atoms with Gasteiger partial charge in [0.1, 0.15) is 11.6 Å². The van der Waals surface area contributed by atoms with E-state index >= 15 is 0 Å². The molecule has 3 rings (SSSR count). The molecule has 0 unspecified atom stereocenters. The van der Waals surface area contributed by atoms with Gasteiger partial charge in [-0.05, 0) is 66.7 Å². The Balaban J connectivity index is 1.55. The Bertz CT molecular complexity index is 976. The van der Waals surface area contributed by atoms with Crippen LogP contribution in [0.3, 0.4) is 0 Å². The molecule has 3 aromatic rings. The number of hydrogen-bond donors (Lipinski definition) is 2. The summed E-state index contributed by atoms with van der Waals surface area (Å²) < 4.78 is 25.8. The van der Waals surface area contributed by atoms with Gasteiger partial charge in [-0.3, -0.25) is 9.59 Å². The highest BCUT2D eigenvalue weighted by atomic mass is 32.2.